The molecule has 0 atom stereocenters. The fourth-order valence-corrected chi connectivity index (χ4v) is 3.01. The van der Waals surface area contributed by atoms with Crippen LogP contribution in [0.2, 0.25) is 18.1 Å². The summed E-state index contributed by atoms with van der Waals surface area (Å²) in [4.78, 5) is 12.2. The zero-order chi connectivity index (χ0) is 22.2. The number of methoxy groups -OCH3 is 2. The number of benzene rings is 1. The third-order valence-electron chi connectivity index (χ3n) is 5.08. The number of hydrogen-bond donors (Lipinski definition) is 0. The van der Waals surface area contributed by atoms with E-state index in [1.807, 2.05) is 18.2 Å². The maximum atomic E-state index is 12.2. The largest absolute Gasteiger partial charge is 0.503 e. The molecule has 4 heteroatoms. The van der Waals surface area contributed by atoms with Crippen molar-refractivity contribution in [3.8, 4) is 23.3 Å². The van der Waals surface area contributed by atoms with Gasteiger partial charge in [-0.25, -0.2) is 4.79 Å². The minimum atomic E-state index is -1.72. The lowest BCUT2D eigenvalue weighted by Crippen LogP contribution is -2.35. The predicted octanol–water partition coefficient (Wildman–Crippen LogP) is 5.64. The van der Waals surface area contributed by atoms with Crippen LogP contribution in [0.3, 0.4) is 0 Å². The molecule has 0 bridgehead atoms. The summed E-state index contributed by atoms with van der Waals surface area (Å²) in [5.41, 5.74) is 6.21. The van der Waals surface area contributed by atoms with Crippen molar-refractivity contribution in [2.45, 2.75) is 59.2 Å². The highest BCUT2D eigenvalue weighted by atomic mass is 28.3. The van der Waals surface area contributed by atoms with E-state index in [4.69, 9.17) is 9.47 Å². The van der Waals surface area contributed by atoms with Gasteiger partial charge < -0.3 is 9.47 Å². The number of carbonyl (C=O) groups excluding carboxylic acids is 1. The molecule has 0 aliphatic heterocycles. The average molecular weight is 411 g/mol. The van der Waals surface area contributed by atoms with Gasteiger partial charge >= 0.3 is 5.97 Å². The van der Waals surface area contributed by atoms with Gasteiger partial charge in [0, 0.05) is 23.1 Å². The highest BCUT2D eigenvalue weighted by molar-refractivity contribution is 6.87. The van der Waals surface area contributed by atoms with Crippen LogP contribution in [0.1, 0.15) is 57.7 Å². The number of ether oxygens (including phenoxy) is 2. The molecule has 29 heavy (non-hydrogen) atoms. The van der Waals surface area contributed by atoms with Crippen LogP contribution in [-0.4, -0.2) is 28.3 Å². The molecule has 0 aliphatic carbocycles. The molecule has 0 aromatic heterocycles. The molecule has 0 aliphatic rings. The van der Waals surface area contributed by atoms with Gasteiger partial charge in [0.25, 0.3) is 0 Å². The lowest BCUT2D eigenvalue weighted by atomic mass is 9.98. The van der Waals surface area contributed by atoms with Crippen LogP contribution in [0.15, 0.2) is 24.5 Å². The zero-order valence-electron chi connectivity index (χ0n) is 19.3. The Morgan fingerprint density at radius 2 is 1.83 bits per heavy atom. The molecule has 3 nitrogen and oxygen atoms in total. The van der Waals surface area contributed by atoms with E-state index < -0.39 is 14.0 Å². The third kappa shape index (κ3) is 7.15. The predicted molar refractivity (Wildman–Crippen MR) is 124 cm³/mol. The van der Waals surface area contributed by atoms with Crippen LogP contribution >= 0.6 is 0 Å². The standard InChI is InChI=1S/C25H34O3Si/c1-19(2)11-10-12-21-17-20(15-16-29(8,9)25(3,4)5)13-14-22(21)23(18-27-6)24(26)28-7/h13-14,17-19H,11H2,1-9H3/b23-18+. The van der Waals surface area contributed by atoms with Crippen LogP contribution in [0.25, 0.3) is 5.57 Å². The molecule has 0 fully saturated rings. The summed E-state index contributed by atoms with van der Waals surface area (Å²) < 4.78 is 10.0. The molecule has 1 aromatic rings. The Morgan fingerprint density at radius 1 is 1.17 bits per heavy atom. The van der Waals surface area contributed by atoms with Crippen molar-refractivity contribution in [2.24, 2.45) is 5.92 Å². The van der Waals surface area contributed by atoms with E-state index in [0.717, 1.165) is 17.5 Å². The Kier molecular flexibility index (Phi) is 8.80. The first kappa shape index (κ1) is 24.6. The summed E-state index contributed by atoms with van der Waals surface area (Å²) in [6.45, 7) is 15.6. The molecule has 0 spiro atoms. The van der Waals surface area contributed by atoms with Gasteiger partial charge in [0.2, 0.25) is 0 Å². The van der Waals surface area contributed by atoms with E-state index in [1.54, 1.807) is 0 Å². The molecule has 0 saturated heterocycles. The van der Waals surface area contributed by atoms with Gasteiger partial charge in [0.15, 0.2) is 0 Å². The quantitative estimate of drug-likeness (QED) is 0.212. The molecule has 0 radical (unpaired) electrons. The van der Waals surface area contributed by atoms with Gasteiger partial charge in [-0.1, -0.05) is 71.5 Å². The minimum Gasteiger partial charge on any atom is -0.503 e. The lowest BCUT2D eigenvalue weighted by molar-refractivity contribution is -0.133. The van der Waals surface area contributed by atoms with E-state index >= 15 is 0 Å². The third-order valence-corrected chi connectivity index (χ3v) is 9.58. The first-order valence-corrected chi connectivity index (χ1v) is 12.9. The molecule has 0 unspecified atom stereocenters. The SMILES string of the molecule is CO/C=C(/C(=O)OC)c1ccc(C#C[Si](C)(C)C(C)(C)C)cc1C#CCC(C)C. The van der Waals surface area contributed by atoms with E-state index in [-0.39, 0.29) is 5.04 Å². The Labute approximate surface area is 177 Å². The molecule has 0 amide bonds. The normalized spacial score (nSPS) is 11.9. The summed E-state index contributed by atoms with van der Waals surface area (Å²) in [7, 11) is 1.14. The summed E-state index contributed by atoms with van der Waals surface area (Å²) in [6.07, 6.45) is 2.18. The van der Waals surface area contributed by atoms with Crippen molar-refractivity contribution in [1.82, 2.24) is 0 Å². The maximum absolute atomic E-state index is 12.2. The second-order valence-electron chi connectivity index (χ2n) is 9.04. The Bertz CT molecular complexity index is 879. The monoisotopic (exact) mass is 410 g/mol. The van der Waals surface area contributed by atoms with Gasteiger partial charge in [-0.15, -0.1) is 5.54 Å². The van der Waals surface area contributed by atoms with E-state index in [2.05, 4.69) is 71.0 Å². The van der Waals surface area contributed by atoms with Gasteiger partial charge in [-0.05, 0) is 23.1 Å². The molecule has 156 valence electrons. The Morgan fingerprint density at radius 3 is 2.34 bits per heavy atom. The van der Waals surface area contributed by atoms with E-state index in [9.17, 15) is 4.79 Å². The highest BCUT2D eigenvalue weighted by Crippen LogP contribution is 2.35. The first-order valence-electron chi connectivity index (χ1n) is 9.90. The topological polar surface area (TPSA) is 35.5 Å². The fraction of sp³-hybridized carbons (Fsp3) is 0.480. The number of rotatable bonds is 4. The second kappa shape index (κ2) is 10.4. The molecule has 1 rings (SSSR count). The van der Waals surface area contributed by atoms with Crippen molar-refractivity contribution < 1.29 is 14.3 Å². The minimum absolute atomic E-state index is 0.194. The molecular weight excluding hydrogens is 376 g/mol. The summed E-state index contributed by atoms with van der Waals surface area (Å²) in [5.74, 6) is 9.79. The van der Waals surface area contributed by atoms with Crippen LogP contribution < -0.4 is 0 Å². The van der Waals surface area contributed by atoms with Gasteiger partial charge in [-0.2, -0.15) is 0 Å². The van der Waals surface area contributed by atoms with Crippen LogP contribution in [0.4, 0.5) is 0 Å². The van der Waals surface area contributed by atoms with Gasteiger partial charge in [0.1, 0.15) is 13.6 Å². The first-order chi connectivity index (χ1) is 13.4. The smallest absolute Gasteiger partial charge is 0.341 e. The summed E-state index contributed by atoms with van der Waals surface area (Å²) in [6, 6.07) is 5.75. The molecular formula is C25H34O3Si. The average Bonchev–Trinajstić information content (AvgIpc) is 2.63. The van der Waals surface area contributed by atoms with Crippen LogP contribution in [0.5, 0.6) is 0 Å². The number of carbonyl (C=O) groups is 1. The fourth-order valence-electron chi connectivity index (χ4n) is 2.18. The van der Waals surface area contributed by atoms with Crippen molar-refractivity contribution >= 4 is 19.6 Å². The maximum Gasteiger partial charge on any atom is 0.341 e. The van der Waals surface area contributed by atoms with E-state index in [1.165, 1.54) is 20.5 Å². The molecule has 1 aromatic carbocycles. The van der Waals surface area contributed by atoms with Crippen molar-refractivity contribution in [3.63, 3.8) is 0 Å². The lowest BCUT2D eigenvalue weighted by Gasteiger charge is -2.31. The highest BCUT2D eigenvalue weighted by Gasteiger charge is 2.33. The van der Waals surface area contributed by atoms with Gasteiger partial charge in [0.05, 0.1) is 20.5 Å². The summed E-state index contributed by atoms with van der Waals surface area (Å²) in [5, 5.41) is 0.194. The van der Waals surface area contributed by atoms with Gasteiger partial charge in [-0.3, -0.25) is 0 Å². The molecule has 0 N–H and O–H groups in total. The van der Waals surface area contributed by atoms with Crippen molar-refractivity contribution in [1.29, 1.82) is 0 Å². The Hall–Kier alpha value is -2.43. The zero-order valence-corrected chi connectivity index (χ0v) is 20.3. The van der Waals surface area contributed by atoms with Crippen LogP contribution in [-0.2, 0) is 14.3 Å². The van der Waals surface area contributed by atoms with E-state index in [0.29, 0.717) is 17.1 Å². The molecule has 0 heterocycles. The van der Waals surface area contributed by atoms with Crippen molar-refractivity contribution in [3.05, 3.63) is 41.2 Å². The number of hydrogen-bond acceptors (Lipinski definition) is 3. The molecule has 0 saturated carbocycles. The second-order valence-corrected chi connectivity index (χ2v) is 14.0. The van der Waals surface area contributed by atoms with Crippen molar-refractivity contribution in [2.75, 3.05) is 14.2 Å². The number of esters is 1. The summed E-state index contributed by atoms with van der Waals surface area (Å²) >= 11 is 0. The van der Waals surface area contributed by atoms with Crippen LogP contribution in [0, 0.1) is 29.2 Å². The Balaban J connectivity index is 3.52.